The van der Waals surface area contributed by atoms with E-state index in [9.17, 15) is 0 Å². The zero-order chi connectivity index (χ0) is 16.8. The van der Waals surface area contributed by atoms with E-state index < -0.39 is 0 Å². The Kier molecular flexibility index (Phi) is 6.63. The fraction of sp³-hybridized carbons (Fsp3) is 0.682. The van der Waals surface area contributed by atoms with Gasteiger partial charge in [-0.05, 0) is 92.1 Å². The van der Waals surface area contributed by atoms with Gasteiger partial charge in [0.1, 0.15) is 0 Å². The summed E-state index contributed by atoms with van der Waals surface area (Å²) in [6.45, 7) is 2.33. The Morgan fingerprint density at radius 1 is 0.917 bits per heavy atom. The summed E-state index contributed by atoms with van der Waals surface area (Å²) in [5, 5.41) is 2.44. The van der Waals surface area contributed by atoms with Crippen molar-refractivity contribution in [3.8, 4) is 0 Å². The van der Waals surface area contributed by atoms with Gasteiger partial charge in [-0.3, -0.25) is 0 Å². The van der Waals surface area contributed by atoms with Crippen molar-refractivity contribution in [3.63, 3.8) is 0 Å². The molecule has 0 saturated heterocycles. The van der Waals surface area contributed by atoms with Gasteiger partial charge in [0.15, 0.2) is 0 Å². The van der Waals surface area contributed by atoms with Crippen molar-refractivity contribution in [1.29, 1.82) is 0 Å². The van der Waals surface area contributed by atoms with Crippen molar-refractivity contribution in [2.24, 2.45) is 22.7 Å². The third-order valence-corrected chi connectivity index (χ3v) is 6.66. The highest BCUT2D eigenvalue weighted by atomic mass is 32.1. The van der Waals surface area contributed by atoms with Crippen molar-refractivity contribution in [3.05, 3.63) is 29.8 Å². The largest absolute Gasteiger partial charge is 0.195 e. The molecule has 0 unspecified atom stereocenters. The Morgan fingerprint density at radius 2 is 1.50 bits per heavy atom. The van der Waals surface area contributed by atoms with Crippen LogP contribution in [0.2, 0.25) is 0 Å². The van der Waals surface area contributed by atoms with Crippen molar-refractivity contribution < 1.29 is 0 Å². The van der Waals surface area contributed by atoms with Crippen LogP contribution in [-0.4, -0.2) is 5.16 Å². The smallest absolute Gasteiger partial charge is 0.0739 e. The molecule has 1 nitrogen and oxygen atoms in total. The lowest BCUT2D eigenvalue weighted by Crippen LogP contribution is -2.25. The molecule has 3 rings (SSSR count). The summed E-state index contributed by atoms with van der Waals surface area (Å²) in [5.74, 6) is 3.82. The summed E-state index contributed by atoms with van der Waals surface area (Å²) in [6.07, 6.45) is 14.5. The van der Waals surface area contributed by atoms with Gasteiger partial charge in [-0.1, -0.05) is 44.7 Å². The average molecular weight is 342 g/mol. The molecule has 0 amide bonds. The highest BCUT2D eigenvalue weighted by Crippen LogP contribution is 2.44. The number of hydrogen-bond donors (Lipinski definition) is 0. The maximum Gasteiger partial charge on any atom is 0.0739 e. The third-order valence-electron chi connectivity index (χ3n) is 6.57. The lowest BCUT2D eigenvalue weighted by atomic mass is 9.68. The van der Waals surface area contributed by atoms with Gasteiger partial charge in [-0.15, -0.1) is 0 Å². The Hall–Kier alpha value is -0.980. The molecular weight excluding hydrogens is 310 g/mol. The van der Waals surface area contributed by atoms with Crippen LogP contribution in [0.1, 0.15) is 82.6 Å². The number of thiocarbonyl (C=S) groups is 1. The van der Waals surface area contributed by atoms with Gasteiger partial charge >= 0.3 is 0 Å². The molecule has 0 spiro atoms. The molecule has 2 saturated carbocycles. The first kappa shape index (κ1) is 17.8. The van der Waals surface area contributed by atoms with E-state index in [1.807, 2.05) is 0 Å². The molecule has 2 aliphatic carbocycles. The van der Waals surface area contributed by atoms with E-state index in [2.05, 4.69) is 53.6 Å². The first-order valence-corrected chi connectivity index (χ1v) is 10.4. The Morgan fingerprint density at radius 3 is 2.04 bits per heavy atom. The number of hydrogen-bond acceptors (Lipinski definition) is 2. The second-order valence-electron chi connectivity index (χ2n) is 7.98. The molecule has 2 fully saturated rings. The maximum absolute atomic E-state index is 4.67. The summed E-state index contributed by atoms with van der Waals surface area (Å²) < 4.78 is 0. The fourth-order valence-electron chi connectivity index (χ4n) is 5.15. The second kappa shape index (κ2) is 8.92. The topological polar surface area (TPSA) is 12.4 Å². The molecule has 1 aromatic rings. The van der Waals surface area contributed by atoms with Crippen LogP contribution in [0.25, 0.3) is 0 Å². The molecule has 0 atom stereocenters. The van der Waals surface area contributed by atoms with Gasteiger partial charge < -0.3 is 0 Å². The van der Waals surface area contributed by atoms with Crippen LogP contribution in [0.15, 0.2) is 29.3 Å². The molecular formula is C22H31NS. The maximum atomic E-state index is 4.67. The zero-order valence-corrected chi connectivity index (χ0v) is 15.9. The normalized spacial score (nSPS) is 30.5. The van der Waals surface area contributed by atoms with E-state index in [1.165, 1.54) is 69.8 Å². The Bertz CT molecular complexity index is 542. The van der Waals surface area contributed by atoms with Gasteiger partial charge in [0.05, 0.1) is 10.8 Å². The van der Waals surface area contributed by atoms with E-state index >= 15 is 0 Å². The number of isothiocyanates is 1. The molecule has 0 aromatic heterocycles. The number of nitrogens with zero attached hydrogens (tertiary/aromatic N) is 1. The van der Waals surface area contributed by atoms with E-state index in [-0.39, 0.29) is 0 Å². The van der Waals surface area contributed by atoms with Crippen LogP contribution in [-0.2, 0) is 0 Å². The summed E-state index contributed by atoms with van der Waals surface area (Å²) in [6, 6.07) is 8.64. The lowest BCUT2D eigenvalue weighted by molar-refractivity contribution is 0.156. The summed E-state index contributed by atoms with van der Waals surface area (Å²) in [7, 11) is 0. The van der Waals surface area contributed by atoms with E-state index in [0.717, 1.165) is 29.4 Å². The predicted molar refractivity (Wildman–Crippen MR) is 106 cm³/mol. The average Bonchev–Trinajstić information content (AvgIpc) is 2.64. The number of aliphatic imine (C=N–C) groups is 1. The zero-order valence-electron chi connectivity index (χ0n) is 15.0. The van der Waals surface area contributed by atoms with Crippen molar-refractivity contribution in [1.82, 2.24) is 0 Å². The second-order valence-corrected chi connectivity index (χ2v) is 8.16. The summed E-state index contributed by atoms with van der Waals surface area (Å²) in [5.41, 5.74) is 2.41. The molecule has 1 aromatic carbocycles. The molecule has 130 valence electrons. The molecule has 0 heterocycles. The molecule has 0 bridgehead atoms. The minimum Gasteiger partial charge on any atom is -0.195 e. The SMILES string of the molecule is CCC[C@H]1CC[C@H](C2CCC(c3ccc(N=C=S)cc3)CC2)CC1. The van der Waals surface area contributed by atoms with Gasteiger partial charge in [0.25, 0.3) is 0 Å². The summed E-state index contributed by atoms with van der Waals surface area (Å²) >= 11 is 4.67. The molecule has 2 aliphatic rings. The number of benzene rings is 1. The minimum absolute atomic E-state index is 0.753. The van der Waals surface area contributed by atoms with Crippen molar-refractivity contribution in [2.45, 2.75) is 77.0 Å². The first-order chi connectivity index (χ1) is 11.8. The quantitative estimate of drug-likeness (QED) is 0.404. The Balaban J connectivity index is 1.48. The lowest BCUT2D eigenvalue weighted by Gasteiger charge is -2.38. The number of rotatable bonds is 5. The van der Waals surface area contributed by atoms with Crippen molar-refractivity contribution in [2.75, 3.05) is 0 Å². The van der Waals surface area contributed by atoms with Crippen LogP contribution in [0.4, 0.5) is 5.69 Å². The molecule has 24 heavy (non-hydrogen) atoms. The predicted octanol–water partition coefficient (Wildman–Crippen LogP) is 7.30. The minimum atomic E-state index is 0.753. The van der Waals surface area contributed by atoms with Crippen LogP contribution in [0.5, 0.6) is 0 Å². The van der Waals surface area contributed by atoms with Gasteiger partial charge in [0, 0.05) is 0 Å². The summed E-state index contributed by atoms with van der Waals surface area (Å²) in [4.78, 5) is 4.05. The van der Waals surface area contributed by atoms with Gasteiger partial charge in [-0.25, -0.2) is 0 Å². The van der Waals surface area contributed by atoms with Crippen molar-refractivity contribution >= 4 is 23.1 Å². The van der Waals surface area contributed by atoms with Crippen LogP contribution in [0, 0.1) is 17.8 Å². The molecule has 0 N–H and O–H groups in total. The highest BCUT2D eigenvalue weighted by Gasteiger charge is 2.30. The van der Waals surface area contributed by atoms with Crippen LogP contribution in [0.3, 0.4) is 0 Å². The monoisotopic (exact) mass is 341 g/mol. The van der Waals surface area contributed by atoms with E-state index in [1.54, 1.807) is 0 Å². The van der Waals surface area contributed by atoms with Crippen LogP contribution < -0.4 is 0 Å². The third kappa shape index (κ3) is 4.55. The fourth-order valence-corrected chi connectivity index (χ4v) is 5.26. The van der Waals surface area contributed by atoms with E-state index in [0.29, 0.717) is 0 Å². The highest BCUT2D eigenvalue weighted by molar-refractivity contribution is 7.78. The van der Waals surface area contributed by atoms with Gasteiger partial charge in [-0.2, -0.15) is 4.99 Å². The Labute approximate surface area is 153 Å². The first-order valence-electron chi connectivity index (χ1n) is 9.98. The standard InChI is InChI=1S/C22H31NS/c1-2-3-17-4-6-18(7-5-17)19-8-10-20(11-9-19)21-12-14-22(15-13-21)23-16-24/h12-15,17-20H,2-11H2,1H3/t17-,18-,19?,20?. The van der Waals surface area contributed by atoms with Gasteiger partial charge in [0.2, 0.25) is 0 Å². The molecule has 0 radical (unpaired) electrons. The van der Waals surface area contributed by atoms with Crippen LogP contribution >= 0.6 is 12.2 Å². The molecule has 2 heteroatoms. The van der Waals surface area contributed by atoms with E-state index in [4.69, 9.17) is 0 Å². The molecule has 0 aliphatic heterocycles.